The van der Waals surface area contributed by atoms with E-state index in [9.17, 15) is 9.90 Å². The third-order valence-corrected chi connectivity index (χ3v) is 2.26. The molecule has 1 amide bonds. The van der Waals surface area contributed by atoms with Crippen LogP contribution in [0.5, 0.6) is 0 Å². The van der Waals surface area contributed by atoms with Crippen LogP contribution in [-0.4, -0.2) is 30.8 Å². The van der Waals surface area contributed by atoms with Crippen LogP contribution in [0.4, 0.5) is 5.82 Å². The van der Waals surface area contributed by atoms with Crippen molar-refractivity contribution >= 4 is 11.7 Å². The number of nitrogens with one attached hydrogen (secondary N) is 1. The summed E-state index contributed by atoms with van der Waals surface area (Å²) >= 11 is 0. The van der Waals surface area contributed by atoms with Gasteiger partial charge in [0.2, 0.25) is 5.91 Å². The molecule has 2 rings (SSSR count). The van der Waals surface area contributed by atoms with Crippen LogP contribution in [0.1, 0.15) is 18.4 Å². The monoisotopic (exact) mass is 247 g/mol. The molecule has 94 valence electrons. The second kappa shape index (κ2) is 4.92. The molecule has 0 unspecified atom stereocenters. The first-order valence-corrected chi connectivity index (χ1v) is 5.37. The average molecular weight is 247 g/mol. The lowest BCUT2D eigenvalue weighted by Gasteiger charge is -2.08. The van der Waals surface area contributed by atoms with Crippen LogP contribution >= 0.6 is 0 Å². The van der Waals surface area contributed by atoms with Gasteiger partial charge in [-0.25, -0.2) is 14.6 Å². The van der Waals surface area contributed by atoms with Gasteiger partial charge in [-0.05, 0) is 19.1 Å². The zero-order chi connectivity index (χ0) is 13.1. The number of amides is 1. The van der Waals surface area contributed by atoms with E-state index in [1.165, 1.54) is 11.6 Å². The Balaban J connectivity index is 2.40. The van der Waals surface area contributed by atoms with E-state index in [1.54, 1.807) is 25.4 Å². The molecule has 2 N–H and O–H groups in total. The van der Waals surface area contributed by atoms with E-state index < -0.39 is 0 Å². The maximum atomic E-state index is 10.9. The second-order valence-electron chi connectivity index (χ2n) is 3.74. The van der Waals surface area contributed by atoms with Crippen LogP contribution in [0.3, 0.4) is 0 Å². The molecule has 2 heterocycles. The molecule has 0 aliphatic carbocycles. The lowest BCUT2D eigenvalue weighted by Crippen LogP contribution is -2.10. The number of carbonyl (C=O) groups excluding carboxylic acids is 1. The largest absolute Gasteiger partial charge is 0.390 e. The summed E-state index contributed by atoms with van der Waals surface area (Å²) in [5.41, 5.74) is 1.05. The molecule has 0 fully saturated rings. The first-order chi connectivity index (χ1) is 8.60. The summed E-state index contributed by atoms with van der Waals surface area (Å²) in [5, 5.41) is 16.0. The summed E-state index contributed by atoms with van der Waals surface area (Å²) in [6.07, 6.45) is 1.55. The standard InChI is InChI=1S/C11H13N5O2/c1-7-12-6-16(15-7)10-3-4-11(13-8(2)18)14-9(10)5-17/h3-4,6,17H,5H2,1-2H3,(H,13,14,18). The summed E-state index contributed by atoms with van der Waals surface area (Å²) in [4.78, 5) is 19.1. The molecule has 7 heteroatoms. The van der Waals surface area contributed by atoms with Crippen molar-refractivity contribution in [3.05, 3.63) is 30.0 Å². The van der Waals surface area contributed by atoms with E-state index in [0.29, 0.717) is 23.0 Å². The third kappa shape index (κ3) is 2.51. The van der Waals surface area contributed by atoms with Crippen molar-refractivity contribution in [2.45, 2.75) is 20.5 Å². The van der Waals surface area contributed by atoms with Gasteiger partial charge in [-0.3, -0.25) is 4.79 Å². The number of aromatic nitrogens is 4. The average Bonchev–Trinajstić information content (AvgIpc) is 2.74. The maximum absolute atomic E-state index is 10.9. The quantitative estimate of drug-likeness (QED) is 0.820. The summed E-state index contributed by atoms with van der Waals surface area (Å²) in [6, 6.07) is 3.37. The van der Waals surface area contributed by atoms with E-state index in [0.717, 1.165) is 0 Å². The highest BCUT2D eigenvalue weighted by molar-refractivity contribution is 5.87. The molecule has 2 aromatic heterocycles. The number of anilines is 1. The van der Waals surface area contributed by atoms with Gasteiger partial charge in [-0.15, -0.1) is 0 Å². The minimum Gasteiger partial charge on any atom is -0.390 e. The molecule has 0 aliphatic heterocycles. The van der Waals surface area contributed by atoms with Crippen LogP contribution in [0.25, 0.3) is 5.69 Å². The Labute approximate surface area is 104 Å². The highest BCUT2D eigenvalue weighted by Crippen LogP contribution is 2.15. The Bertz CT molecular complexity index is 579. The Morgan fingerprint density at radius 2 is 2.28 bits per heavy atom. The number of nitrogens with zero attached hydrogens (tertiary/aromatic N) is 4. The van der Waals surface area contributed by atoms with E-state index >= 15 is 0 Å². The zero-order valence-corrected chi connectivity index (χ0v) is 10.1. The first kappa shape index (κ1) is 12.2. The molecule has 0 saturated heterocycles. The Morgan fingerprint density at radius 3 is 2.83 bits per heavy atom. The fraction of sp³-hybridized carbons (Fsp3) is 0.273. The van der Waals surface area contributed by atoms with E-state index in [1.807, 2.05) is 0 Å². The number of hydrogen-bond donors (Lipinski definition) is 2. The van der Waals surface area contributed by atoms with Gasteiger partial charge in [0.15, 0.2) is 0 Å². The lowest BCUT2D eigenvalue weighted by molar-refractivity contribution is -0.114. The number of rotatable bonds is 3. The molecule has 0 aliphatic rings. The van der Waals surface area contributed by atoms with Gasteiger partial charge in [0, 0.05) is 6.92 Å². The zero-order valence-electron chi connectivity index (χ0n) is 10.1. The Hall–Kier alpha value is -2.28. The minimum atomic E-state index is -0.248. The van der Waals surface area contributed by atoms with Crippen molar-refractivity contribution in [3.8, 4) is 5.69 Å². The molecular weight excluding hydrogens is 234 g/mol. The summed E-state index contributed by atoms with van der Waals surface area (Å²) in [6.45, 7) is 2.92. The summed E-state index contributed by atoms with van der Waals surface area (Å²) in [7, 11) is 0. The van der Waals surface area contributed by atoms with Gasteiger partial charge in [0.05, 0.1) is 18.0 Å². The summed E-state index contributed by atoms with van der Waals surface area (Å²) < 4.78 is 1.53. The Kier molecular flexibility index (Phi) is 3.33. The number of pyridine rings is 1. The molecule has 0 radical (unpaired) electrons. The van der Waals surface area contributed by atoms with Crippen molar-refractivity contribution in [1.82, 2.24) is 19.7 Å². The molecule has 0 bridgehead atoms. The fourth-order valence-electron chi connectivity index (χ4n) is 1.53. The minimum absolute atomic E-state index is 0.212. The van der Waals surface area contributed by atoms with Crippen molar-refractivity contribution in [2.24, 2.45) is 0 Å². The molecule has 0 atom stereocenters. The highest BCUT2D eigenvalue weighted by Gasteiger charge is 2.09. The van der Waals surface area contributed by atoms with E-state index in [2.05, 4.69) is 20.4 Å². The predicted octanol–water partition coefficient (Wildman–Crippen LogP) is 0.421. The molecule has 0 aromatic carbocycles. The van der Waals surface area contributed by atoms with E-state index in [4.69, 9.17) is 0 Å². The molecule has 7 nitrogen and oxygen atoms in total. The van der Waals surface area contributed by atoms with E-state index in [-0.39, 0.29) is 12.5 Å². The van der Waals surface area contributed by atoms with Gasteiger partial charge in [-0.1, -0.05) is 0 Å². The SMILES string of the molecule is CC(=O)Nc1ccc(-n2cnc(C)n2)c(CO)n1. The third-order valence-electron chi connectivity index (χ3n) is 2.26. The van der Waals surface area contributed by atoms with Crippen LogP contribution in [0.2, 0.25) is 0 Å². The topological polar surface area (TPSA) is 92.9 Å². The second-order valence-corrected chi connectivity index (χ2v) is 3.74. The van der Waals surface area contributed by atoms with Crippen molar-refractivity contribution in [2.75, 3.05) is 5.32 Å². The Morgan fingerprint density at radius 1 is 1.50 bits per heavy atom. The predicted molar refractivity (Wildman–Crippen MR) is 64.1 cm³/mol. The van der Waals surface area contributed by atoms with Gasteiger partial charge in [0.1, 0.15) is 18.0 Å². The molecule has 18 heavy (non-hydrogen) atoms. The first-order valence-electron chi connectivity index (χ1n) is 5.37. The van der Waals surface area contributed by atoms with Gasteiger partial charge in [0.25, 0.3) is 0 Å². The summed E-state index contributed by atoms with van der Waals surface area (Å²) in [5.74, 6) is 0.813. The fourth-order valence-corrected chi connectivity index (χ4v) is 1.53. The van der Waals surface area contributed by atoms with Crippen LogP contribution in [0, 0.1) is 6.92 Å². The molecule has 2 aromatic rings. The number of aliphatic hydroxyl groups excluding tert-OH is 1. The number of hydrogen-bond acceptors (Lipinski definition) is 5. The van der Waals surface area contributed by atoms with Crippen LogP contribution in [0.15, 0.2) is 18.5 Å². The smallest absolute Gasteiger partial charge is 0.222 e. The molecule has 0 saturated carbocycles. The highest BCUT2D eigenvalue weighted by atomic mass is 16.3. The van der Waals surface area contributed by atoms with Crippen LogP contribution < -0.4 is 5.32 Å². The normalized spacial score (nSPS) is 10.4. The van der Waals surface area contributed by atoms with Gasteiger partial charge in [-0.2, -0.15) is 5.10 Å². The van der Waals surface area contributed by atoms with Gasteiger partial charge >= 0.3 is 0 Å². The van der Waals surface area contributed by atoms with Crippen molar-refractivity contribution < 1.29 is 9.90 Å². The van der Waals surface area contributed by atoms with Crippen molar-refractivity contribution in [3.63, 3.8) is 0 Å². The number of carbonyl (C=O) groups is 1. The molecular formula is C11H13N5O2. The van der Waals surface area contributed by atoms with Gasteiger partial charge < -0.3 is 10.4 Å². The van der Waals surface area contributed by atoms with Crippen molar-refractivity contribution in [1.29, 1.82) is 0 Å². The molecule has 0 spiro atoms. The van der Waals surface area contributed by atoms with Crippen LogP contribution in [-0.2, 0) is 11.4 Å². The maximum Gasteiger partial charge on any atom is 0.222 e. The lowest BCUT2D eigenvalue weighted by atomic mass is 10.3. The number of aryl methyl sites for hydroxylation is 1. The number of aliphatic hydroxyl groups is 1.